The minimum atomic E-state index is -1.68. The highest BCUT2D eigenvalue weighted by Crippen LogP contribution is 2.27. The highest BCUT2D eigenvalue weighted by Gasteiger charge is 2.39. The van der Waals surface area contributed by atoms with E-state index in [0.29, 0.717) is 5.69 Å². The number of carbonyl (C=O) groups is 1. The molecule has 17 heavy (non-hydrogen) atoms. The van der Waals surface area contributed by atoms with Crippen molar-refractivity contribution in [3.8, 4) is 0 Å². The van der Waals surface area contributed by atoms with E-state index in [4.69, 9.17) is 4.74 Å². The molecular weight excluding hydrogens is 225 g/mol. The molecule has 1 heterocycles. The standard InChI is InChI=1S/C12H16FNO3/c1-4-17-11(15)12(3,16)8(2)10-6-5-9(13)7-14-10/h5-8,16H,4H2,1-3H3. The van der Waals surface area contributed by atoms with E-state index in [-0.39, 0.29) is 6.61 Å². The molecule has 1 N–H and O–H groups in total. The van der Waals surface area contributed by atoms with Crippen LogP contribution in [-0.2, 0) is 9.53 Å². The molecule has 0 saturated carbocycles. The van der Waals surface area contributed by atoms with Crippen LogP contribution in [0.1, 0.15) is 32.4 Å². The summed E-state index contributed by atoms with van der Waals surface area (Å²) in [5, 5.41) is 10.1. The Kier molecular flexibility index (Phi) is 4.17. The number of aliphatic hydroxyl groups is 1. The van der Waals surface area contributed by atoms with Gasteiger partial charge >= 0.3 is 5.97 Å². The van der Waals surface area contributed by atoms with Crippen LogP contribution in [-0.4, -0.2) is 28.3 Å². The lowest BCUT2D eigenvalue weighted by Crippen LogP contribution is -2.42. The van der Waals surface area contributed by atoms with Crippen molar-refractivity contribution >= 4 is 5.97 Å². The number of nitrogens with zero attached hydrogens (tertiary/aromatic N) is 1. The summed E-state index contributed by atoms with van der Waals surface area (Å²) in [4.78, 5) is 15.4. The molecule has 0 amide bonds. The molecule has 0 aliphatic carbocycles. The third-order valence-electron chi connectivity index (χ3n) is 2.73. The number of pyridine rings is 1. The number of ether oxygens (including phenoxy) is 1. The Hall–Kier alpha value is -1.49. The van der Waals surface area contributed by atoms with Gasteiger partial charge in [-0.2, -0.15) is 0 Å². The van der Waals surface area contributed by atoms with Gasteiger partial charge in [0.2, 0.25) is 0 Å². The summed E-state index contributed by atoms with van der Waals surface area (Å²) in [6.45, 7) is 4.85. The zero-order chi connectivity index (χ0) is 13.1. The van der Waals surface area contributed by atoms with Crippen molar-refractivity contribution in [2.75, 3.05) is 6.61 Å². The van der Waals surface area contributed by atoms with Crippen LogP contribution in [0.5, 0.6) is 0 Å². The molecule has 0 radical (unpaired) electrons. The van der Waals surface area contributed by atoms with Crippen LogP contribution in [0.2, 0.25) is 0 Å². The lowest BCUT2D eigenvalue weighted by atomic mass is 9.88. The normalized spacial score (nSPS) is 16.1. The largest absolute Gasteiger partial charge is 0.464 e. The molecule has 0 spiro atoms. The van der Waals surface area contributed by atoms with Gasteiger partial charge in [-0.05, 0) is 26.0 Å². The average molecular weight is 241 g/mol. The summed E-state index contributed by atoms with van der Waals surface area (Å²) < 4.78 is 17.5. The van der Waals surface area contributed by atoms with Gasteiger partial charge in [0.1, 0.15) is 5.82 Å². The van der Waals surface area contributed by atoms with E-state index in [9.17, 15) is 14.3 Å². The lowest BCUT2D eigenvalue weighted by molar-refractivity contribution is -0.165. The van der Waals surface area contributed by atoms with E-state index in [1.54, 1.807) is 13.8 Å². The van der Waals surface area contributed by atoms with Crippen LogP contribution >= 0.6 is 0 Å². The lowest BCUT2D eigenvalue weighted by Gasteiger charge is -2.27. The number of halogens is 1. The molecule has 0 saturated heterocycles. The Bertz CT molecular complexity index is 389. The fourth-order valence-corrected chi connectivity index (χ4v) is 1.39. The molecule has 1 aromatic rings. The van der Waals surface area contributed by atoms with Gasteiger partial charge in [-0.3, -0.25) is 4.98 Å². The van der Waals surface area contributed by atoms with Crippen LogP contribution < -0.4 is 0 Å². The highest BCUT2D eigenvalue weighted by atomic mass is 19.1. The number of rotatable bonds is 4. The van der Waals surface area contributed by atoms with E-state index in [1.165, 1.54) is 19.1 Å². The van der Waals surface area contributed by atoms with Crippen molar-refractivity contribution in [2.45, 2.75) is 32.3 Å². The van der Waals surface area contributed by atoms with E-state index < -0.39 is 23.3 Å². The second-order valence-corrected chi connectivity index (χ2v) is 3.99. The summed E-state index contributed by atoms with van der Waals surface area (Å²) in [6.07, 6.45) is 1.05. The maximum atomic E-state index is 12.7. The smallest absolute Gasteiger partial charge is 0.338 e. The molecule has 0 bridgehead atoms. The summed E-state index contributed by atoms with van der Waals surface area (Å²) in [7, 11) is 0. The summed E-state index contributed by atoms with van der Waals surface area (Å²) in [5.74, 6) is -1.75. The summed E-state index contributed by atoms with van der Waals surface area (Å²) in [6, 6.07) is 2.67. The van der Waals surface area contributed by atoms with E-state index in [2.05, 4.69) is 4.98 Å². The van der Waals surface area contributed by atoms with Crippen molar-refractivity contribution in [1.29, 1.82) is 0 Å². The topological polar surface area (TPSA) is 59.4 Å². The second kappa shape index (κ2) is 5.23. The van der Waals surface area contributed by atoms with Gasteiger partial charge in [-0.15, -0.1) is 0 Å². The number of aromatic nitrogens is 1. The Morgan fingerprint density at radius 3 is 2.76 bits per heavy atom. The highest BCUT2D eigenvalue weighted by molar-refractivity contribution is 5.80. The van der Waals surface area contributed by atoms with Gasteiger partial charge in [-0.1, -0.05) is 6.92 Å². The third kappa shape index (κ3) is 3.00. The molecule has 1 rings (SSSR count). The maximum Gasteiger partial charge on any atom is 0.338 e. The first-order valence-electron chi connectivity index (χ1n) is 5.40. The first kappa shape index (κ1) is 13.6. The maximum absolute atomic E-state index is 12.7. The molecule has 4 nitrogen and oxygen atoms in total. The molecular formula is C12H16FNO3. The van der Waals surface area contributed by atoms with Crippen LogP contribution in [0.3, 0.4) is 0 Å². The van der Waals surface area contributed by atoms with Crippen molar-refractivity contribution in [1.82, 2.24) is 4.98 Å². The monoisotopic (exact) mass is 241 g/mol. The zero-order valence-electron chi connectivity index (χ0n) is 10.1. The molecule has 2 unspecified atom stereocenters. The molecule has 0 aromatic carbocycles. The predicted octanol–water partition coefficient (Wildman–Crippen LogP) is 1.64. The zero-order valence-corrected chi connectivity index (χ0v) is 10.1. The van der Waals surface area contributed by atoms with Gasteiger partial charge in [0, 0.05) is 11.6 Å². The van der Waals surface area contributed by atoms with E-state index in [1.807, 2.05) is 0 Å². The Balaban J connectivity index is 2.91. The van der Waals surface area contributed by atoms with Crippen LogP contribution in [0.4, 0.5) is 4.39 Å². The van der Waals surface area contributed by atoms with E-state index >= 15 is 0 Å². The number of esters is 1. The van der Waals surface area contributed by atoms with E-state index in [0.717, 1.165) is 6.20 Å². The molecule has 94 valence electrons. The van der Waals surface area contributed by atoms with Gasteiger partial charge < -0.3 is 9.84 Å². The predicted molar refractivity (Wildman–Crippen MR) is 59.9 cm³/mol. The third-order valence-corrected chi connectivity index (χ3v) is 2.73. The number of carbonyl (C=O) groups excluding carboxylic acids is 1. The van der Waals surface area contributed by atoms with Crippen LogP contribution in [0.15, 0.2) is 18.3 Å². The first-order chi connectivity index (χ1) is 7.89. The average Bonchev–Trinajstić information content (AvgIpc) is 2.29. The Morgan fingerprint density at radius 1 is 1.65 bits per heavy atom. The molecule has 0 aliphatic heterocycles. The van der Waals surface area contributed by atoms with Crippen LogP contribution in [0, 0.1) is 5.82 Å². The van der Waals surface area contributed by atoms with Crippen LogP contribution in [0.25, 0.3) is 0 Å². The molecule has 0 fully saturated rings. The fraction of sp³-hybridized carbons (Fsp3) is 0.500. The Morgan fingerprint density at radius 2 is 2.29 bits per heavy atom. The molecule has 2 atom stereocenters. The molecule has 0 aliphatic rings. The summed E-state index contributed by atoms with van der Waals surface area (Å²) in [5.41, 5.74) is -1.25. The molecule has 5 heteroatoms. The number of hydrogen-bond acceptors (Lipinski definition) is 4. The quantitative estimate of drug-likeness (QED) is 0.814. The molecule has 1 aromatic heterocycles. The minimum absolute atomic E-state index is 0.193. The first-order valence-corrected chi connectivity index (χ1v) is 5.40. The second-order valence-electron chi connectivity index (χ2n) is 3.99. The van der Waals surface area contributed by atoms with Crippen molar-refractivity contribution in [3.05, 3.63) is 29.8 Å². The van der Waals surface area contributed by atoms with Gasteiger partial charge in [-0.25, -0.2) is 9.18 Å². The Labute approximate surface area is 99.4 Å². The fourth-order valence-electron chi connectivity index (χ4n) is 1.39. The van der Waals surface area contributed by atoms with Gasteiger partial charge in [0.25, 0.3) is 0 Å². The van der Waals surface area contributed by atoms with Crippen molar-refractivity contribution < 1.29 is 19.0 Å². The van der Waals surface area contributed by atoms with Crippen molar-refractivity contribution in [2.24, 2.45) is 0 Å². The van der Waals surface area contributed by atoms with Crippen molar-refractivity contribution in [3.63, 3.8) is 0 Å². The minimum Gasteiger partial charge on any atom is -0.464 e. The van der Waals surface area contributed by atoms with Gasteiger partial charge in [0.05, 0.1) is 12.8 Å². The summed E-state index contributed by atoms with van der Waals surface area (Å²) >= 11 is 0. The SMILES string of the molecule is CCOC(=O)C(C)(O)C(C)c1ccc(F)cn1. The number of hydrogen-bond donors (Lipinski definition) is 1. The van der Waals surface area contributed by atoms with Gasteiger partial charge in [0.15, 0.2) is 5.60 Å².